The van der Waals surface area contributed by atoms with Crippen LogP contribution in [0.4, 0.5) is 0 Å². The fourth-order valence-electron chi connectivity index (χ4n) is 6.54. The van der Waals surface area contributed by atoms with Gasteiger partial charge in [-0.2, -0.15) is 0 Å². The zero-order valence-electron chi connectivity index (χ0n) is 13.9. The molecule has 7 atom stereocenters. The molecule has 4 rings (SSSR count). The molecule has 3 aliphatic rings. The van der Waals surface area contributed by atoms with Crippen LogP contribution in [0.2, 0.25) is 0 Å². The molecule has 22 heavy (non-hydrogen) atoms. The molecule has 0 aliphatic heterocycles. The van der Waals surface area contributed by atoms with E-state index in [0.717, 1.165) is 19.3 Å². The van der Waals surface area contributed by atoms with Gasteiger partial charge in [0.15, 0.2) is 0 Å². The fraction of sp³-hybridized carbons (Fsp3) is 0.700. The van der Waals surface area contributed by atoms with E-state index in [1.807, 2.05) is 12.1 Å². The number of phenolic OH excluding ortho intramolecular Hbond substituents is 1. The summed E-state index contributed by atoms with van der Waals surface area (Å²) in [7, 11) is 0. The normalized spacial score (nSPS) is 46.7. The second-order valence-electron chi connectivity index (χ2n) is 8.70. The first kappa shape index (κ1) is 14.6. The molecule has 2 heteroatoms. The highest BCUT2D eigenvalue weighted by Gasteiger charge is 2.56. The van der Waals surface area contributed by atoms with Gasteiger partial charge in [-0.05, 0) is 83.9 Å². The molecule has 120 valence electrons. The van der Waals surface area contributed by atoms with Crippen molar-refractivity contribution in [1.82, 2.24) is 0 Å². The summed E-state index contributed by atoms with van der Waals surface area (Å²) in [5, 5.41) is 20.1. The van der Waals surface area contributed by atoms with Crippen LogP contribution < -0.4 is 0 Å². The summed E-state index contributed by atoms with van der Waals surface area (Å²) >= 11 is 0. The maximum atomic E-state index is 10.3. The summed E-state index contributed by atoms with van der Waals surface area (Å²) in [6, 6.07) is 6.00. The van der Waals surface area contributed by atoms with E-state index >= 15 is 0 Å². The molecule has 0 spiro atoms. The van der Waals surface area contributed by atoms with Crippen molar-refractivity contribution in [3.8, 4) is 5.75 Å². The van der Waals surface area contributed by atoms with Crippen LogP contribution in [0, 0.1) is 29.1 Å². The van der Waals surface area contributed by atoms with Gasteiger partial charge in [0, 0.05) is 0 Å². The Labute approximate surface area is 133 Å². The maximum Gasteiger partial charge on any atom is 0.115 e. The predicted molar refractivity (Wildman–Crippen MR) is 87.8 cm³/mol. The lowest BCUT2D eigenvalue weighted by molar-refractivity contribution is -0.00101. The number of aliphatic hydroxyl groups excluding tert-OH is 1. The molecule has 1 aromatic rings. The average molecular weight is 300 g/mol. The van der Waals surface area contributed by atoms with E-state index in [1.54, 1.807) is 0 Å². The molecule has 0 heterocycles. The minimum Gasteiger partial charge on any atom is -0.508 e. The second kappa shape index (κ2) is 4.74. The molecule has 0 unspecified atom stereocenters. The molecular formula is C20H28O2. The molecule has 0 radical (unpaired) electrons. The van der Waals surface area contributed by atoms with E-state index in [-0.39, 0.29) is 6.10 Å². The van der Waals surface area contributed by atoms with Gasteiger partial charge >= 0.3 is 0 Å². The smallest absolute Gasteiger partial charge is 0.115 e. The molecule has 0 aromatic heterocycles. The summed E-state index contributed by atoms with van der Waals surface area (Å²) in [5.74, 6) is 3.62. The molecule has 3 aliphatic carbocycles. The Hall–Kier alpha value is -1.02. The molecule has 2 N–H and O–H groups in total. The van der Waals surface area contributed by atoms with Gasteiger partial charge in [0.2, 0.25) is 0 Å². The number of phenols is 1. The van der Waals surface area contributed by atoms with Crippen molar-refractivity contribution in [3.05, 3.63) is 29.3 Å². The molecular weight excluding hydrogens is 272 g/mol. The third-order valence-electron chi connectivity index (χ3n) is 7.09. The van der Waals surface area contributed by atoms with Crippen LogP contribution in [0.25, 0.3) is 0 Å². The van der Waals surface area contributed by atoms with Crippen molar-refractivity contribution in [2.75, 3.05) is 0 Å². The van der Waals surface area contributed by atoms with E-state index < -0.39 is 0 Å². The fourth-order valence-corrected chi connectivity index (χ4v) is 6.54. The van der Waals surface area contributed by atoms with Crippen LogP contribution in [0.5, 0.6) is 5.75 Å². The zero-order chi connectivity index (χ0) is 15.6. The lowest BCUT2D eigenvalue weighted by atomic mass is 9.50. The number of aliphatic hydroxyl groups is 1. The highest BCUT2D eigenvalue weighted by molar-refractivity contribution is 5.41. The summed E-state index contributed by atoms with van der Waals surface area (Å²) in [6.45, 7) is 7.20. The summed E-state index contributed by atoms with van der Waals surface area (Å²) in [5.41, 5.74) is 3.14. The lowest BCUT2D eigenvalue weighted by Crippen LogP contribution is -2.46. The van der Waals surface area contributed by atoms with Gasteiger partial charge in [-0.15, -0.1) is 0 Å². The third kappa shape index (κ3) is 1.96. The Morgan fingerprint density at radius 1 is 1.14 bits per heavy atom. The summed E-state index contributed by atoms with van der Waals surface area (Å²) < 4.78 is 0. The van der Waals surface area contributed by atoms with Gasteiger partial charge in [0.25, 0.3) is 0 Å². The Morgan fingerprint density at radius 2 is 1.91 bits per heavy atom. The number of aromatic hydroxyl groups is 1. The first-order chi connectivity index (χ1) is 10.4. The van der Waals surface area contributed by atoms with Crippen LogP contribution in [0.3, 0.4) is 0 Å². The number of hydrogen-bond donors (Lipinski definition) is 2. The Balaban J connectivity index is 1.80. The maximum absolute atomic E-state index is 10.3. The third-order valence-corrected chi connectivity index (χ3v) is 7.09. The number of benzene rings is 1. The van der Waals surface area contributed by atoms with Crippen LogP contribution >= 0.6 is 0 Å². The Kier molecular flexibility index (Phi) is 3.14. The van der Waals surface area contributed by atoms with Gasteiger partial charge < -0.3 is 10.2 Å². The monoisotopic (exact) mass is 300 g/mol. The van der Waals surface area contributed by atoms with E-state index in [1.165, 1.54) is 17.5 Å². The first-order valence-electron chi connectivity index (χ1n) is 8.89. The average Bonchev–Trinajstić information content (AvgIpc) is 2.71. The van der Waals surface area contributed by atoms with Crippen molar-refractivity contribution in [2.24, 2.45) is 29.1 Å². The lowest BCUT2D eigenvalue weighted by Gasteiger charge is -2.54. The highest BCUT2D eigenvalue weighted by Crippen LogP contribution is 2.63. The van der Waals surface area contributed by atoms with Crippen molar-refractivity contribution in [1.29, 1.82) is 0 Å². The zero-order valence-corrected chi connectivity index (χ0v) is 13.9. The Bertz CT molecular complexity index is 595. The number of fused-ring (bicyclic) bond motifs is 5. The van der Waals surface area contributed by atoms with Crippen molar-refractivity contribution in [3.63, 3.8) is 0 Å². The summed E-state index contributed by atoms with van der Waals surface area (Å²) in [6.07, 6.45) is 4.17. The van der Waals surface area contributed by atoms with Crippen LogP contribution in [0.1, 0.15) is 57.1 Å². The van der Waals surface area contributed by atoms with Gasteiger partial charge in [-0.3, -0.25) is 0 Å². The largest absolute Gasteiger partial charge is 0.508 e. The predicted octanol–water partition coefficient (Wildman–Crippen LogP) is 4.10. The SMILES string of the molecule is C[C@@H]1Cc2cc(O)ccc2[C@@H]2[C@@H]1[C@@H]1C[C@@H](O)C[C@@]1(C)C[C@@H]2C. The van der Waals surface area contributed by atoms with Crippen molar-refractivity contribution >= 4 is 0 Å². The van der Waals surface area contributed by atoms with E-state index in [0.29, 0.717) is 40.8 Å². The van der Waals surface area contributed by atoms with E-state index in [2.05, 4.69) is 26.8 Å². The minimum absolute atomic E-state index is 0.102. The molecule has 2 nitrogen and oxygen atoms in total. The van der Waals surface area contributed by atoms with E-state index in [9.17, 15) is 10.2 Å². The Morgan fingerprint density at radius 3 is 2.68 bits per heavy atom. The topological polar surface area (TPSA) is 40.5 Å². The van der Waals surface area contributed by atoms with Gasteiger partial charge in [0.05, 0.1) is 6.10 Å². The highest BCUT2D eigenvalue weighted by atomic mass is 16.3. The standard InChI is InChI=1S/C20H28O2/c1-11-6-13-7-14(21)4-5-16(13)18-12(2)9-20(3)10-15(22)8-17(20)19(11)18/h4-5,7,11-12,15,17-19,21-22H,6,8-10H2,1-3H3/t11-,12+,15-,17+,18-,19+,20-/m1/s1. The molecule has 2 fully saturated rings. The molecule has 2 saturated carbocycles. The second-order valence-corrected chi connectivity index (χ2v) is 8.70. The van der Waals surface area contributed by atoms with E-state index in [4.69, 9.17) is 0 Å². The molecule has 0 saturated heterocycles. The van der Waals surface area contributed by atoms with Gasteiger partial charge in [0.1, 0.15) is 5.75 Å². The van der Waals surface area contributed by atoms with Gasteiger partial charge in [-0.25, -0.2) is 0 Å². The van der Waals surface area contributed by atoms with Crippen molar-refractivity contribution < 1.29 is 10.2 Å². The van der Waals surface area contributed by atoms with Crippen LogP contribution in [0.15, 0.2) is 18.2 Å². The minimum atomic E-state index is -0.102. The van der Waals surface area contributed by atoms with Crippen LogP contribution in [-0.2, 0) is 6.42 Å². The quantitative estimate of drug-likeness (QED) is 0.757. The van der Waals surface area contributed by atoms with Crippen LogP contribution in [-0.4, -0.2) is 16.3 Å². The number of hydrogen-bond acceptors (Lipinski definition) is 2. The first-order valence-corrected chi connectivity index (χ1v) is 8.89. The summed E-state index contributed by atoms with van der Waals surface area (Å²) in [4.78, 5) is 0. The van der Waals surface area contributed by atoms with Crippen molar-refractivity contribution in [2.45, 2.75) is 58.5 Å². The molecule has 0 amide bonds. The number of rotatable bonds is 0. The molecule has 0 bridgehead atoms. The molecule has 1 aromatic carbocycles. The van der Waals surface area contributed by atoms with Gasteiger partial charge in [-0.1, -0.05) is 26.8 Å².